The zero-order valence-electron chi connectivity index (χ0n) is 11.0. The van der Waals surface area contributed by atoms with E-state index >= 15 is 0 Å². The molecule has 0 aromatic heterocycles. The summed E-state index contributed by atoms with van der Waals surface area (Å²) in [4.78, 5) is 13.6. The highest BCUT2D eigenvalue weighted by Gasteiger charge is 2.26. The van der Waals surface area contributed by atoms with Crippen molar-refractivity contribution in [3.63, 3.8) is 0 Å². The smallest absolute Gasteiger partial charge is 0.317 e. The maximum atomic E-state index is 12.0. The number of urea groups is 1. The molecule has 0 aliphatic carbocycles. The van der Waals surface area contributed by atoms with E-state index in [1.807, 2.05) is 30.3 Å². The molecule has 1 aromatic carbocycles. The summed E-state index contributed by atoms with van der Waals surface area (Å²) in [6, 6.07) is 9.47. The lowest BCUT2D eigenvalue weighted by molar-refractivity contribution is 0.0197. The Labute approximate surface area is 117 Å². The fraction of sp³-hybridized carbons (Fsp3) is 0.385. The molecule has 1 heterocycles. The zero-order valence-corrected chi connectivity index (χ0v) is 11.0. The number of amidine groups is 1. The van der Waals surface area contributed by atoms with Crippen LogP contribution in [-0.4, -0.2) is 47.8 Å². The topological polar surface area (TPSA) is 100 Å². The molecule has 1 fully saturated rings. The quantitative estimate of drug-likeness (QED) is 0.321. The van der Waals surface area contributed by atoms with E-state index in [1.54, 1.807) is 4.90 Å². The van der Waals surface area contributed by atoms with Crippen molar-refractivity contribution in [3.8, 4) is 0 Å². The molecule has 20 heavy (non-hydrogen) atoms. The highest BCUT2D eigenvalue weighted by Crippen LogP contribution is 2.06. The van der Waals surface area contributed by atoms with Crippen molar-refractivity contribution < 1.29 is 14.7 Å². The van der Waals surface area contributed by atoms with Crippen molar-refractivity contribution in [2.75, 3.05) is 19.7 Å². The Kier molecular flexibility index (Phi) is 4.78. The largest absolute Gasteiger partial charge is 0.409 e. The number of hydrogen-bond donors (Lipinski definition) is 3. The van der Waals surface area contributed by atoms with Gasteiger partial charge >= 0.3 is 6.03 Å². The normalized spacial score (nSPS) is 19.7. The highest BCUT2D eigenvalue weighted by molar-refractivity contribution is 5.85. The van der Waals surface area contributed by atoms with Crippen LogP contribution in [0, 0.1) is 0 Å². The van der Waals surface area contributed by atoms with Crippen molar-refractivity contribution >= 4 is 11.9 Å². The van der Waals surface area contributed by atoms with Gasteiger partial charge in [0.05, 0.1) is 13.2 Å². The van der Waals surface area contributed by atoms with Gasteiger partial charge in [-0.2, -0.15) is 0 Å². The number of nitrogens with zero attached hydrogens (tertiary/aromatic N) is 2. The van der Waals surface area contributed by atoms with Gasteiger partial charge in [-0.25, -0.2) is 4.79 Å². The second-order valence-electron chi connectivity index (χ2n) is 4.47. The first-order valence-electron chi connectivity index (χ1n) is 6.36. The number of carbonyl (C=O) groups excluding carboxylic acids is 1. The molecule has 0 spiro atoms. The predicted octanol–water partition coefficient (Wildman–Crippen LogP) is 0.343. The highest BCUT2D eigenvalue weighted by atomic mass is 16.5. The average Bonchev–Trinajstić information content (AvgIpc) is 2.53. The number of nitrogens with two attached hydrogens (primary N) is 1. The summed E-state index contributed by atoms with van der Waals surface area (Å²) in [5, 5.41) is 14.4. The molecule has 0 bridgehead atoms. The predicted molar refractivity (Wildman–Crippen MR) is 73.4 cm³/mol. The lowest BCUT2D eigenvalue weighted by atomic mass is 10.2. The third kappa shape index (κ3) is 3.61. The fourth-order valence-corrected chi connectivity index (χ4v) is 1.96. The summed E-state index contributed by atoms with van der Waals surface area (Å²) < 4.78 is 5.34. The lowest BCUT2D eigenvalue weighted by Gasteiger charge is -2.32. The molecule has 4 N–H and O–H groups in total. The molecule has 2 rings (SSSR count). The molecule has 1 aliphatic rings. The number of oxime groups is 1. The molecule has 1 atom stereocenters. The summed E-state index contributed by atoms with van der Waals surface area (Å²) in [5.41, 5.74) is 6.52. The van der Waals surface area contributed by atoms with Crippen molar-refractivity contribution in [3.05, 3.63) is 35.9 Å². The molecule has 1 aromatic rings. The maximum absolute atomic E-state index is 12.0. The first-order valence-corrected chi connectivity index (χ1v) is 6.36. The minimum atomic E-state index is -0.559. The van der Waals surface area contributed by atoms with Gasteiger partial charge in [-0.05, 0) is 5.56 Å². The summed E-state index contributed by atoms with van der Waals surface area (Å²) in [6.07, 6.45) is -0.559. The molecule has 0 saturated carbocycles. The first kappa shape index (κ1) is 14.1. The van der Waals surface area contributed by atoms with Crippen molar-refractivity contribution in [1.82, 2.24) is 10.2 Å². The van der Waals surface area contributed by atoms with Gasteiger partial charge in [0.25, 0.3) is 0 Å². The number of ether oxygens (including phenoxy) is 1. The average molecular weight is 278 g/mol. The van der Waals surface area contributed by atoms with Crippen molar-refractivity contribution in [2.45, 2.75) is 12.6 Å². The van der Waals surface area contributed by atoms with Crippen molar-refractivity contribution in [1.29, 1.82) is 0 Å². The molecule has 108 valence electrons. The van der Waals surface area contributed by atoms with Crippen LogP contribution in [0.15, 0.2) is 35.5 Å². The summed E-state index contributed by atoms with van der Waals surface area (Å²) in [6.45, 7) is 1.58. The monoisotopic (exact) mass is 278 g/mol. The van der Waals surface area contributed by atoms with Gasteiger partial charge in [-0.3, -0.25) is 0 Å². The molecule has 1 unspecified atom stereocenters. The number of hydrogen-bond acceptors (Lipinski definition) is 4. The van der Waals surface area contributed by atoms with Crippen LogP contribution in [0.5, 0.6) is 0 Å². The Morgan fingerprint density at radius 3 is 2.95 bits per heavy atom. The second kappa shape index (κ2) is 6.76. The first-order chi connectivity index (χ1) is 9.70. The fourth-order valence-electron chi connectivity index (χ4n) is 1.96. The van der Waals surface area contributed by atoms with Gasteiger partial charge in [0, 0.05) is 13.1 Å². The molecular weight excluding hydrogens is 260 g/mol. The van der Waals surface area contributed by atoms with Crippen LogP contribution in [0.3, 0.4) is 0 Å². The third-order valence-electron chi connectivity index (χ3n) is 3.09. The van der Waals surface area contributed by atoms with E-state index in [-0.39, 0.29) is 18.4 Å². The molecule has 0 radical (unpaired) electrons. The number of carbonyl (C=O) groups is 1. The van der Waals surface area contributed by atoms with Gasteiger partial charge in [0.1, 0.15) is 6.10 Å². The molecule has 1 aliphatic heterocycles. The van der Waals surface area contributed by atoms with E-state index < -0.39 is 6.10 Å². The molecular formula is C13H18N4O3. The molecule has 2 amide bonds. The van der Waals surface area contributed by atoms with E-state index in [1.165, 1.54) is 0 Å². The number of morpholine rings is 1. The number of amides is 2. The van der Waals surface area contributed by atoms with Crippen LogP contribution in [0.25, 0.3) is 0 Å². The van der Waals surface area contributed by atoms with Gasteiger partial charge < -0.3 is 25.9 Å². The molecule has 1 saturated heterocycles. The minimum absolute atomic E-state index is 0.0226. The van der Waals surface area contributed by atoms with Crippen molar-refractivity contribution in [2.24, 2.45) is 10.9 Å². The Bertz CT molecular complexity index is 478. The molecule has 7 heteroatoms. The number of rotatable bonds is 3. The Morgan fingerprint density at radius 1 is 1.50 bits per heavy atom. The van der Waals surface area contributed by atoms with Crippen LogP contribution in [-0.2, 0) is 11.3 Å². The van der Waals surface area contributed by atoms with Crippen LogP contribution >= 0.6 is 0 Å². The molecule has 7 nitrogen and oxygen atoms in total. The van der Waals surface area contributed by atoms with Crippen LogP contribution in [0.2, 0.25) is 0 Å². The van der Waals surface area contributed by atoms with E-state index in [0.717, 1.165) is 5.56 Å². The van der Waals surface area contributed by atoms with Gasteiger partial charge in [0.2, 0.25) is 0 Å². The SMILES string of the molecule is N/C(=N/O)C1CN(C(=O)NCc2ccccc2)CCO1. The Balaban J connectivity index is 1.86. The van der Waals surface area contributed by atoms with Gasteiger partial charge in [-0.1, -0.05) is 35.5 Å². The van der Waals surface area contributed by atoms with E-state index in [2.05, 4.69) is 10.5 Å². The second-order valence-corrected chi connectivity index (χ2v) is 4.47. The third-order valence-corrected chi connectivity index (χ3v) is 3.09. The van der Waals surface area contributed by atoms with E-state index in [0.29, 0.717) is 19.7 Å². The zero-order chi connectivity index (χ0) is 14.4. The standard InChI is InChI=1S/C13H18N4O3/c14-12(16-19)11-9-17(6-7-20-11)13(18)15-8-10-4-2-1-3-5-10/h1-5,11,19H,6-9H2,(H2,14,16)(H,15,18). The number of nitrogens with one attached hydrogen (secondary N) is 1. The summed E-state index contributed by atoms with van der Waals surface area (Å²) in [5.74, 6) is -0.0226. The summed E-state index contributed by atoms with van der Waals surface area (Å²) >= 11 is 0. The van der Waals surface area contributed by atoms with Crippen LogP contribution < -0.4 is 11.1 Å². The van der Waals surface area contributed by atoms with Gasteiger partial charge in [-0.15, -0.1) is 0 Å². The number of benzene rings is 1. The van der Waals surface area contributed by atoms with E-state index in [9.17, 15) is 4.79 Å². The minimum Gasteiger partial charge on any atom is -0.409 e. The van der Waals surface area contributed by atoms with Crippen LogP contribution in [0.1, 0.15) is 5.56 Å². The maximum Gasteiger partial charge on any atom is 0.317 e. The van der Waals surface area contributed by atoms with E-state index in [4.69, 9.17) is 15.7 Å². The summed E-state index contributed by atoms with van der Waals surface area (Å²) in [7, 11) is 0. The Hall–Kier alpha value is -2.28. The lowest BCUT2D eigenvalue weighted by Crippen LogP contribution is -2.53. The Morgan fingerprint density at radius 2 is 2.25 bits per heavy atom. The van der Waals surface area contributed by atoms with Gasteiger partial charge in [0.15, 0.2) is 5.84 Å². The van der Waals surface area contributed by atoms with Crippen LogP contribution in [0.4, 0.5) is 4.79 Å².